The Hall–Kier alpha value is -2.63. The van der Waals surface area contributed by atoms with Gasteiger partial charge >= 0.3 is 12.0 Å². The first-order valence-corrected chi connectivity index (χ1v) is 6.11. The predicted molar refractivity (Wildman–Crippen MR) is 72.7 cm³/mol. The van der Waals surface area contributed by atoms with Gasteiger partial charge in [-0.05, 0) is 25.1 Å². The molecule has 0 saturated carbocycles. The van der Waals surface area contributed by atoms with Crippen LogP contribution >= 0.6 is 0 Å². The third kappa shape index (κ3) is 2.54. The Morgan fingerprint density at radius 2 is 2.15 bits per heavy atom. The summed E-state index contributed by atoms with van der Waals surface area (Å²) in [6.45, 7) is 1.96. The van der Waals surface area contributed by atoms with E-state index < -0.39 is 12.0 Å². The number of hydrogen-bond acceptors (Lipinski definition) is 3. The maximum atomic E-state index is 12.2. The molecule has 0 aromatic heterocycles. The topological polar surface area (TPSA) is 77.9 Å². The van der Waals surface area contributed by atoms with Gasteiger partial charge in [-0.3, -0.25) is 14.6 Å². The number of urea groups is 1. The molecule has 1 fully saturated rings. The molecule has 0 radical (unpaired) electrons. The maximum absolute atomic E-state index is 12.2. The molecule has 104 valence electrons. The van der Waals surface area contributed by atoms with Crippen molar-refractivity contribution in [1.82, 2.24) is 4.90 Å². The number of benzene rings is 1. The summed E-state index contributed by atoms with van der Waals surface area (Å²) in [6.07, 6.45) is 3.47. The summed E-state index contributed by atoms with van der Waals surface area (Å²) < 4.78 is 0. The lowest BCUT2D eigenvalue weighted by Crippen LogP contribution is -2.33. The van der Waals surface area contributed by atoms with E-state index in [1.165, 1.54) is 17.0 Å². The molecular formula is C14H14N2O4. The van der Waals surface area contributed by atoms with Gasteiger partial charge in [0.15, 0.2) is 0 Å². The molecule has 0 bridgehead atoms. The van der Waals surface area contributed by atoms with Crippen molar-refractivity contribution < 1.29 is 19.5 Å². The minimum Gasteiger partial charge on any atom is -0.478 e. The third-order valence-corrected chi connectivity index (χ3v) is 2.98. The monoisotopic (exact) mass is 274 g/mol. The van der Waals surface area contributed by atoms with Crippen molar-refractivity contribution in [3.05, 3.63) is 42.0 Å². The van der Waals surface area contributed by atoms with Gasteiger partial charge in [-0.15, -0.1) is 0 Å². The van der Waals surface area contributed by atoms with Crippen LogP contribution in [-0.2, 0) is 4.79 Å². The lowest BCUT2D eigenvalue weighted by Gasteiger charge is -2.16. The molecule has 20 heavy (non-hydrogen) atoms. The smallest absolute Gasteiger partial charge is 0.335 e. The average Bonchev–Trinajstić information content (AvgIpc) is 2.72. The van der Waals surface area contributed by atoms with Gasteiger partial charge in [0.05, 0.1) is 5.56 Å². The molecule has 0 spiro atoms. The Balaban J connectivity index is 2.26. The molecule has 3 amide bonds. The van der Waals surface area contributed by atoms with Crippen molar-refractivity contribution in [2.24, 2.45) is 0 Å². The van der Waals surface area contributed by atoms with Crippen LogP contribution in [0.5, 0.6) is 0 Å². The number of nitrogens with zero attached hydrogens (tertiary/aromatic N) is 2. The van der Waals surface area contributed by atoms with Crippen molar-refractivity contribution in [1.29, 1.82) is 0 Å². The summed E-state index contributed by atoms with van der Waals surface area (Å²) in [7, 11) is 0. The molecule has 0 aliphatic carbocycles. The first kappa shape index (κ1) is 13.8. The first-order valence-electron chi connectivity index (χ1n) is 6.11. The van der Waals surface area contributed by atoms with E-state index in [9.17, 15) is 14.4 Å². The molecule has 1 aromatic carbocycles. The number of carboxylic acid groups (broad SMARTS) is 1. The zero-order valence-corrected chi connectivity index (χ0v) is 10.9. The highest BCUT2D eigenvalue weighted by Crippen LogP contribution is 2.22. The zero-order chi connectivity index (χ0) is 14.7. The van der Waals surface area contributed by atoms with E-state index in [-0.39, 0.29) is 24.6 Å². The largest absolute Gasteiger partial charge is 0.478 e. The summed E-state index contributed by atoms with van der Waals surface area (Å²) >= 11 is 0. The molecule has 6 heteroatoms. The second kappa shape index (κ2) is 5.56. The van der Waals surface area contributed by atoms with E-state index in [2.05, 4.69) is 0 Å². The minimum absolute atomic E-state index is 0.0700. The zero-order valence-electron chi connectivity index (χ0n) is 10.9. The standard InChI is InChI=1S/C14H14N2O4/c1-2-3-7-15-12(17)9-16(14(15)20)11-6-4-5-10(8-11)13(18)19/h2-6,8H,7,9H2,1H3,(H,18,19)/b3-2+. The third-order valence-electron chi connectivity index (χ3n) is 2.98. The van der Waals surface area contributed by atoms with Crippen LogP contribution < -0.4 is 4.90 Å². The number of rotatable bonds is 4. The lowest BCUT2D eigenvalue weighted by atomic mass is 10.2. The van der Waals surface area contributed by atoms with Gasteiger partial charge in [0, 0.05) is 12.2 Å². The number of aromatic carboxylic acids is 1. The van der Waals surface area contributed by atoms with Crippen molar-refractivity contribution in [3.8, 4) is 0 Å². The van der Waals surface area contributed by atoms with Gasteiger partial charge in [-0.25, -0.2) is 9.59 Å². The van der Waals surface area contributed by atoms with Crippen LogP contribution in [0.25, 0.3) is 0 Å². The van der Waals surface area contributed by atoms with Crippen molar-refractivity contribution in [3.63, 3.8) is 0 Å². The lowest BCUT2D eigenvalue weighted by molar-refractivity contribution is -0.124. The van der Waals surface area contributed by atoms with Crippen LogP contribution in [0.4, 0.5) is 10.5 Å². The van der Waals surface area contributed by atoms with E-state index in [0.717, 1.165) is 4.90 Å². The molecule has 0 unspecified atom stereocenters. The van der Waals surface area contributed by atoms with Gasteiger partial charge in [0.25, 0.3) is 5.91 Å². The number of hydrogen-bond donors (Lipinski definition) is 1. The molecule has 1 aromatic rings. The fourth-order valence-corrected chi connectivity index (χ4v) is 1.94. The summed E-state index contributed by atoms with van der Waals surface area (Å²) in [5.74, 6) is -1.37. The normalized spacial score (nSPS) is 15.4. The molecule has 2 rings (SSSR count). The molecule has 6 nitrogen and oxygen atoms in total. The Labute approximate surface area is 115 Å². The highest BCUT2D eigenvalue weighted by Gasteiger charge is 2.36. The van der Waals surface area contributed by atoms with Crippen LogP contribution in [-0.4, -0.2) is 41.0 Å². The fraction of sp³-hybridized carbons (Fsp3) is 0.214. The van der Waals surface area contributed by atoms with E-state index in [1.54, 1.807) is 31.2 Å². The molecule has 1 saturated heterocycles. The molecule has 1 heterocycles. The van der Waals surface area contributed by atoms with E-state index in [1.807, 2.05) is 0 Å². The molecule has 0 atom stereocenters. The van der Waals surface area contributed by atoms with Crippen LogP contribution in [0, 0.1) is 0 Å². The second-order valence-electron chi connectivity index (χ2n) is 4.30. The van der Waals surface area contributed by atoms with Crippen molar-refractivity contribution in [2.75, 3.05) is 18.0 Å². The molecule has 1 aliphatic rings. The summed E-state index contributed by atoms with van der Waals surface area (Å²) in [5, 5.41) is 8.95. The van der Waals surface area contributed by atoms with Gasteiger partial charge in [-0.2, -0.15) is 0 Å². The van der Waals surface area contributed by atoms with Gasteiger partial charge in [0.2, 0.25) is 0 Å². The minimum atomic E-state index is -1.07. The number of carboxylic acids is 1. The Morgan fingerprint density at radius 3 is 2.80 bits per heavy atom. The molecular weight excluding hydrogens is 260 g/mol. The van der Waals surface area contributed by atoms with E-state index >= 15 is 0 Å². The highest BCUT2D eigenvalue weighted by molar-refractivity contribution is 6.12. The Bertz CT molecular complexity index is 595. The maximum Gasteiger partial charge on any atom is 0.335 e. The van der Waals surface area contributed by atoms with Crippen LogP contribution in [0.1, 0.15) is 17.3 Å². The van der Waals surface area contributed by atoms with Gasteiger partial charge in [0.1, 0.15) is 6.54 Å². The quantitative estimate of drug-likeness (QED) is 0.670. The Kier molecular flexibility index (Phi) is 3.84. The van der Waals surface area contributed by atoms with E-state index in [4.69, 9.17) is 5.11 Å². The van der Waals surface area contributed by atoms with Gasteiger partial charge in [-0.1, -0.05) is 18.2 Å². The highest BCUT2D eigenvalue weighted by atomic mass is 16.4. The summed E-state index contributed by atoms with van der Waals surface area (Å²) in [5.41, 5.74) is 0.487. The van der Waals surface area contributed by atoms with Crippen molar-refractivity contribution in [2.45, 2.75) is 6.92 Å². The van der Waals surface area contributed by atoms with Crippen LogP contribution in [0.2, 0.25) is 0 Å². The number of allylic oxidation sites excluding steroid dienone is 1. The Morgan fingerprint density at radius 1 is 1.40 bits per heavy atom. The van der Waals surface area contributed by atoms with Crippen LogP contribution in [0.15, 0.2) is 36.4 Å². The molecule has 1 N–H and O–H groups in total. The summed E-state index contributed by atoms with van der Waals surface area (Å²) in [4.78, 5) is 37.3. The predicted octanol–water partition coefficient (Wildman–Crippen LogP) is 1.73. The van der Waals surface area contributed by atoms with Gasteiger partial charge < -0.3 is 5.11 Å². The SMILES string of the molecule is C/C=C/CN1C(=O)CN(c2cccc(C(=O)O)c2)C1=O. The number of imide groups is 1. The number of amides is 3. The molecule has 1 aliphatic heterocycles. The first-order chi connectivity index (χ1) is 9.54. The fourth-order valence-electron chi connectivity index (χ4n) is 1.94. The van der Waals surface area contributed by atoms with Crippen molar-refractivity contribution >= 4 is 23.6 Å². The van der Waals surface area contributed by atoms with E-state index in [0.29, 0.717) is 5.69 Å². The summed E-state index contributed by atoms with van der Waals surface area (Å²) in [6, 6.07) is 5.54. The number of carbonyl (C=O) groups excluding carboxylic acids is 2. The van der Waals surface area contributed by atoms with Crippen LogP contribution in [0.3, 0.4) is 0 Å². The number of anilines is 1. The number of carbonyl (C=O) groups is 3. The average molecular weight is 274 g/mol. The second-order valence-corrected chi connectivity index (χ2v) is 4.30.